The molecule has 0 radical (unpaired) electrons. The number of halogens is 1. The Balaban J connectivity index is 1.52. The highest BCUT2D eigenvalue weighted by molar-refractivity contribution is 7.91. The number of sulfone groups is 1. The van der Waals surface area contributed by atoms with Gasteiger partial charge in [-0.05, 0) is 43.2 Å². The van der Waals surface area contributed by atoms with Crippen LogP contribution in [0.15, 0.2) is 53.7 Å². The summed E-state index contributed by atoms with van der Waals surface area (Å²) in [6.45, 7) is 2.37. The molecular weight excluding hydrogens is 419 g/mol. The fourth-order valence-corrected chi connectivity index (χ4v) is 5.43. The molecule has 2 aromatic carbocycles. The van der Waals surface area contributed by atoms with Crippen molar-refractivity contribution in [1.82, 2.24) is 20.2 Å². The van der Waals surface area contributed by atoms with E-state index < -0.39 is 15.7 Å². The molecule has 0 fully saturated rings. The Kier molecular flexibility index (Phi) is 4.58. The van der Waals surface area contributed by atoms with E-state index in [1.165, 1.54) is 0 Å². The summed E-state index contributed by atoms with van der Waals surface area (Å²) in [5.74, 6) is -0.162. The molecule has 0 saturated heterocycles. The molecule has 1 aliphatic heterocycles. The first-order chi connectivity index (χ1) is 15.0. The lowest BCUT2D eigenvalue weighted by molar-refractivity contribution is 0.600. The fourth-order valence-electron chi connectivity index (χ4n) is 3.84. The van der Waals surface area contributed by atoms with E-state index in [1.54, 1.807) is 29.3 Å². The van der Waals surface area contributed by atoms with Gasteiger partial charge in [0.05, 0.1) is 34.2 Å². The zero-order valence-corrected chi connectivity index (χ0v) is 17.4. The van der Waals surface area contributed by atoms with E-state index in [2.05, 4.69) is 25.5 Å². The molecule has 0 atom stereocenters. The SMILES string of the molecule is CCN(c1nc(Nc2ccc3c(c2)S(=O)(=O)CC3)ncc1F)c1cccc2[nH]ncc12. The minimum atomic E-state index is -3.26. The molecular formula is C21H19FN6O2S. The number of aromatic nitrogens is 4. The number of benzene rings is 2. The second kappa shape index (κ2) is 7.31. The fraction of sp³-hybridized carbons (Fsp3) is 0.190. The van der Waals surface area contributed by atoms with Crippen LogP contribution in [0.3, 0.4) is 0 Å². The van der Waals surface area contributed by atoms with Crippen LogP contribution in [0.4, 0.5) is 27.5 Å². The van der Waals surface area contributed by atoms with Gasteiger partial charge in [-0.3, -0.25) is 5.10 Å². The Morgan fingerprint density at radius 3 is 2.94 bits per heavy atom. The summed E-state index contributed by atoms with van der Waals surface area (Å²) < 4.78 is 39.1. The number of rotatable bonds is 5. The Hall–Kier alpha value is -3.53. The van der Waals surface area contributed by atoms with Crippen LogP contribution in [0.1, 0.15) is 12.5 Å². The van der Waals surface area contributed by atoms with Crippen molar-refractivity contribution in [2.75, 3.05) is 22.5 Å². The molecule has 1 aliphatic rings. The van der Waals surface area contributed by atoms with Gasteiger partial charge in [-0.1, -0.05) is 12.1 Å². The maximum absolute atomic E-state index is 14.7. The second-order valence-corrected chi connectivity index (χ2v) is 9.31. The van der Waals surface area contributed by atoms with E-state index in [1.807, 2.05) is 25.1 Å². The largest absolute Gasteiger partial charge is 0.324 e. The van der Waals surface area contributed by atoms with Crippen LogP contribution in [0.2, 0.25) is 0 Å². The van der Waals surface area contributed by atoms with E-state index in [4.69, 9.17) is 0 Å². The summed E-state index contributed by atoms with van der Waals surface area (Å²) in [6, 6.07) is 10.8. The molecule has 0 spiro atoms. The lowest BCUT2D eigenvalue weighted by Gasteiger charge is -2.23. The number of H-pyrrole nitrogens is 1. The molecule has 31 heavy (non-hydrogen) atoms. The van der Waals surface area contributed by atoms with Crippen LogP contribution in [0.5, 0.6) is 0 Å². The van der Waals surface area contributed by atoms with Crippen molar-refractivity contribution < 1.29 is 12.8 Å². The molecule has 0 aliphatic carbocycles. The predicted molar refractivity (Wildman–Crippen MR) is 116 cm³/mol. The van der Waals surface area contributed by atoms with Crippen molar-refractivity contribution >= 4 is 43.9 Å². The van der Waals surface area contributed by atoms with E-state index in [0.29, 0.717) is 23.5 Å². The van der Waals surface area contributed by atoms with Gasteiger partial charge in [0.1, 0.15) is 0 Å². The van der Waals surface area contributed by atoms with Gasteiger partial charge in [-0.15, -0.1) is 0 Å². The lowest BCUT2D eigenvalue weighted by Crippen LogP contribution is -2.20. The van der Waals surface area contributed by atoms with Crippen LogP contribution < -0.4 is 10.2 Å². The number of anilines is 4. The quantitative estimate of drug-likeness (QED) is 0.489. The molecule has 5 rings (SSSR count). The van der Waals surface area contributed by atoms with E-state index in [0.717, 1.165) is 28.4 Å². The highest BCUT2D eigenvalue weighted by Crippen LogP contribution is 2.33. The predicted octanol–water partition coefficient (Wildman–Crippen LogP) is 3.72. The minimum absolute atomic E-state index is 0.113. The van der Waals surface area contributed by atoms with Gasteiger partial charge in [0.15, 0.2) is 21.5 Å². The summed E-state index contributed by atoms with van der Waals surface area (Å²) in [4.78, 5) is 10.5. The number of aromatic amines is 1. The smallest absolute Gasteiger partial charge is 0.229 e. The third kappa shape index (κ3) is 3.38. The summed E-state index contributed by atoms with van der Waals surface area (Å²) in [5.41, 5.74) is 2.93. The summed E-state index contributed by atoms with van der Waals surface area (Å²) in [5, 5.41) is 10.8. The first kappa shape index (κ1) is 19.4. The van der Waals surface area contributed by atoms with Crippen molar-refractivity contribution in [1.29, 1.82) is 0 Å². The second-order valence-electron chi connectivity index (χ2n) is 7.23. The molecule has 0 saturated carbocycles. The zero-order valence-electron chi connectivity index (χ0n) is 16.6. The molecule has 4 aromatic rings. The van der Waals surface area contributed by atoms with E-state index in [9.17, 15) is 12.8 Å². The van der Waals surface area contributed by atoms with Crippen LogP contribution >= 0.6 is 0 Å². The van der Waals surface area contributed by atoms with Gasteiger partial charge in [0, 0.05) is 17.6 Å². The molecule has 0 bridgehead atoms. The average molecular weight is 438 g/mol. The highest BCUT2D eigenvalue weighted by Gasteiger charge is 2.26. The minimum Gasteiger partial charge on any atom is -0.324 e. The molecule has 2 N–H and O–H groups in total. The summed E-state index contributed by atoms with van der Waals surface area (Å²) in [7, 11) is -3.26. The molecule has 3 heterocycles. The molecule has 10 heteroatoms. The molecule has 8 nitrogen and oxygen atoms in total. The third-order valence-electron chi connectivity index (χ3n) is 5.35. The van der Waals surface area contributed by atoms with Gasteiger partial charge in [0.2, 0.25) is 5.95 Å². The van der Waals surface area contributed by atoms with Crippen LogP contribution in [0.25, 0.3) is 10.9 Å². The number of hydrogen-bond donors (Lipinski definition) is 2. The summed E-state index contributed by atoms with van der Waals surface area (Å²) >= 11 is 0. The number of aryl methyl sites for hydroxylation is 1. The molecule has 158 valence electrons. The molecule has 2 aromatic heterocycles. The van der Waals surface area contributed by atoms with Crippen molar-refractivity contribution in [3.8, 4) is 0 Å². The van der Waals surface area contributed by atoms with E-state index >= 15 is 0 Å². The van der Waals surface area contributed by atoms with Gasteiger partial charge in [-0.25, -0.2) is 17.8 Å². The Labute approximate surface area is 178 Å². The van der Waals surface area contributed by atoms with Crippen LogP contribution in [0, 0.1) is 5.82 Å². The lowest BCUT2D eigenvalue weighted by atomic mass is 10.1. The zero-order chi connectivity index (χ0) is 21.6. The van der Waals surface area contributed by atoms with Gasteiger partial charge in [0.25, 0.3) is 0 Å². The third-order valence-corrected chi connectivity index (χ3v) is 7.14. The van der Waals surface area contributed by atoms with Gasteiger partial charge < -0.3 is 10.2 Å². The maximum atomic E-state index is 14.7. The number of fused-ring (bicyclic) bond motifs is 2. The average Bonchev–Trinajstić information content (AvgIpc) is 3.36. The normalized spacial score (nSPS) is 14.5. The molecule has 0 amide bonds. The monoisotopic (exact) mass is 438 g/mol. The van der Waals surface area contributed by atoms with Gasteiger partial charge in [-0.2, -0.15) is 10.1 Å². The van der Waals surface area contributed by atoms with E-state index in [-0.39, 0.29) is 17.5 Å². The van der Waals surface area contributed by atoms with Crippen molar-refractivity contribution in [2.45, 2.75) is 18.2 Å². The van der Waals surface area contributed by atoms with Gasteiger partial charge >= 0.3 is 0 Å². The first-order valence-corrected chi connectivity index (χ1v) is 11.5. The van der Waals surface area contributed by atoms with Crippen LogP contribution in [-0.4, -0.2) is 40.9 Å². The summed E-state index contributed by atoms with van der Waals surface area (Å²) in [6.07, 6.45) is 3.31. The van der Waals surface area contributed by atoms with Crippen LogP contribution in [-0.2, 0) is 16.3 Å². The first-order valence-electron chi connectivity index (χ1n) is 9.81. The standard InChI is InChI=1S/C21H19FN6O2S/c1-2-28(18-5-3-4-17-15(18)11-24-27-17)20-16(22)12-23-21(26-20)25-14-7-6-13-8-9-31(29,30)19(13)10-14/h3-7,10-12H,2,8-9H2,1H3,(H,24,27)(H,23,25,26). The number of nitrogens with zero attached hydrogens (tertiary/aromatic N) is 4. The topological polar surface area (TPSA) is 104 Å². The highest BCUT2D eigenvalue weighted by atomic mass is 32.2. The maximum Gasteiger partial charge on any atom is 0.229 e. The molecule has 0 unspecified atom stereocenters. The van der Waals surface area contributed by atoms with Crippen molar-refractivity contribution in [2.24, 2.45) is 0 Å². The number of hydrogen-bond acceptors (Lipinski definition) is 7. The number of nitrogens with one attached hydrogen (secondary N) is 2. The Morgan fingerprint density at radius 1 is 1.23 bits per heavy atom. The Morgan fingerprint density at radius 2 is 2.10 bits per heavy atom. The van der Waals surface area contributed by atoms with Crippen molar-refractivity contribution in [3.63, 3.8) is 0 Å². The Bertz CT molecular complexity index is 1400. The van der Waals surface area contributed by atoms with Crippen molar-refractivity contribution in [3.05, 3.63) is 60.2 Å².